The van der Waals surface area contributed by atoms with Crippen molar-refractivity contribution in [2.45, 2.75) is 26.0 Å². The van der Waals surface area contributed by atoms with Gasteiger partial charge in [-0.15, -0.1) is 47.5 Å². The Bertz CT molecular complexity index is 1450. The van der Waals surface area contributed by atoms with Crippen LogP contribution in [0, 0.1) is 24.0 Å². The monoisotopic (exact) mass is 681 g/mol. The summed E-state index contributed by atoms with van der Waals surface area (Å²) in [5.41, 5.74) is 4.72. The largest absolute Gasteiger partial charge is 3.00 e. The smallest absolute Gasteiger partial charge is 0.305 e. The van der Waals surface area contributed by atoms with Crippen molar-refractivity contribution in [2.75, 3.05) is 0 Å². The van der Waals surface area contributed by atoms with Crippen LogP contribution in [0.2, 0.25) is 19.6 Å². The molecular formula is C33H29FIrNSi. The number of benzene rings is 4. The predicted molar refractivity (Wildman–Crippen MR) is 150 cm³/mol. The topological polar surface area (TPSA) is 12.9 Å². The van der Waals surface area contributed by atoms with E-state index in [-0.39, 0.29) is 25.9 Å². The van der Waals surface area contributed by atoms with Gasteiger partial charge in [-0.1, -0.05) is 62.1 Å². The zero-order chi connectivity index (χ0) is 27.2. The number of pyridine rings is 1. The SMILES string of the molecule is C[Si](C)(C)c1ccc(-c2[c-]cc(F)cc2)nc1.[2H]C([2H])(c1ccccc1)c1cc[c-]c(-c2[c-]cccc2)c1.[Ir+3]. The van der Waals surface area contributed by atoms with E-state index in [0.29, 0.717) is 11.1 Å². The summed E-state index contributed by atoms with van der Waals surface area (Å²) in [6, 6.07) is 40.0. The van der Waals surface area contributed by atoms with Crippen LogP contribution in [-0.4, -0.2) is 13.1 Å². The molecule has 4 aromatic carbocycles. The van der Waals surface area contributed by atoms with Gasteiger partial charge in [-0.3, -0.25) is 4.39 Å². The Labute approximate surface area is 237 Å². The van der Waals surface area contributed by atoms with Gasteiger partial charge < -0.3 is 4.98 Å². The van der Waals surface area contributed by atoms with E-state index in [2.05, 4.69) is 48.9 Å². The number of rotatable bonds is 5. The first-order valence-corrected chi connectivity index (χ1v) is 15.3. The van der Waals surface area contributed by atoms with Crippen molar-refractivity contribution in [3.63, 3.8) is 0 Å². The Hall–Kier alpha value is -3.17. The van der Waals surface area contributed by atoms with Crippen LogP contribution in [-0.2, 0) is 26.5 Å². The molecule has 4 heteroatoms. The van der Waals surface area contributed by atoms with E-state index in [0.717, 1.165) is 22.4 Å². The van der Waals surface area contributed by atoms with Gasteiger partial charge in [0.05, 0.1) is 8.07 Å². The molecule has 0 bridgehead atoms. The van der Waals surface area contributed by atoms with Crippen molar-refractivity contribution in [3.8, 4) is 22.4 Å². The van der Waals surface area contributed by atoms with Crippen LogP contribution in [0.25, 0.3) is 22.4 Å². The summed E-state index contributed by atoms with van der Waals surface area (Å²) in [5.74, 6) is -0.271. The van der Waals surface area contributed by atoms with Crippen LogP contribution in [0.4, 0.5) is 4.39 Å². The molecule has 0 atom stereocenters. The Morgan fingerprint density at radius 3 is 2.14 bits per heavy atom. The van der Waals surface area contributed by atoms with Crippen molar-refractivity contribution in [1.29, 1.82) is 0 Å². The van der Waals surface area contributed by atoms with Crippen molar-refractivity contribution >= 4 is 13.3 Å². The maximum atomic E-state index is 12.8. The summed E-state index contributed by atoms with van der Waals surface area (Å²) in [5, 5.41) is 1.32. The zero-order valence-corrected chi connectivity index (χ0v) is 24.4. The number of hydrogen-bond acceptors (Lipinski definition) is 1. The molecule has 0 aliphatic rings. The molecule has 0 spiro atoms. The van der Waals surface area contributed by atoms with Crippen molar-refractivity contribution < 1.29 is 27.2 Å². The second kappa shape index (κ2) is 13.4. The molecule has 5 aromatic rings. The normalized spacial score (nSPS) is 11.8. The van der Waals surface area contributed by atoms with E-state index in [1.165, 1.54) is 17.3 Å². The van der Waals surface area contributed by atoms with Gasteiger partial charge in [-0.25, -0.2) is 11.1 Å². The van der Waals surface area contributed by atoms with Gasteiger partial charge in [0.1, 0.15) is 0 Å². The molecule has 0 fully saturated rings. The standard InChI is InChI=1S/C19H14.C14H15FNSi.Ir/c1-3-8-16(9-4-1)14-17-10-7-13-19(15-17)18-11-5-2-6-12-18;1-17(2,3)13-8-9-14(16-10-13)11-4-6-12(15)7-5-11;/h1-11,15H,14H2;4,6-10H,1-3H3;/q-2;-1;+3/i14D2;;. The number of hydrogen-bond donors (Lipinski definition) is 0. The zero-order valence-electron chi connectivity index (χ0n) is 23.1. The molecular weight excluding hydrogens is 650 g/mol. The molecule has 0 amide bonds. The fraction of sp³-hybridized carbons (Fsp3) is 0.121. The van der Waals surface area contributed by atoms with Crippen LogP contribution in [0.5, 0.6) is 0 Å². The molecule has 186 valence electrons. The summed E-state index contributed by atoms with van der Waals surface area (Å²) in [6.07, 6.45) is 0.401. The summed E-state index contributed by atoms with van der Waals surface area (Å²) in [6.45, 7) is 6.86. The fourth-order valence-electron chi connectivity index (χ4n) is 3.51. The van der Waals surface area contributed by atoms with Gasteiger partial charge in [0.2, 0.25) is 0 Å². The van der Waals surface area contributed by atoms with E-state index in [9.17, 15) is 4.39 Å². The molecule has 0 saturated carbocycles. The molecule has 5 rings (SSSR count). The number of halogens is 1. The maximum absolute atomic E-state index is 12.8. The van der Waals surface area contributed by atoms with E-state index in [1.54, 1.807) is 18.2 Å². The van der Waals surface area contributed by atoms with Gasteiger partial charge in [0, 0.05) is 14.8 Å². The minimum Gasteiger partial charge on any atom is -0.305 e. The first-order valence-electron chi connectivity index (χ1n) is 12.8. The first-order chi connectivity index (χ1) is 18.1. The van der Waals surface area contributed by atoms with E-state index in [1.807, 2.05) is 72.9 Å². The van der Waals surface area contributed by atoms with Crippen LogP contribution < -0.4 is 5.19 Å². The Kier molecular flexibility index (Phi) is 9.22. The molecule has 1 heterocycles. The van der Waals surface area contributed by atoms with Gasteiger partial charge in [-0.05, 0) is 22.8 Å². The van der Waals surface area contributed by atoms with Crippen LogP contribution in [0.1, 0.15) is 13.9 Å². The molecule has 0 aliphatic heterocycles. The third kappa shape index (κ3) is 8.43. The fourth-order valence-corrected chi connectivity index (χ4v) is 4.55. The summed E-state index contributed by atoms with van der Waals surface area (Å²) < 4.78 is 29.6. The Morgan fingerprint density at radius 1 is 0.757 bits per heavy atom. The summed E-state index contributed by atoms with van der Waals surface area (Å²) in [7, 11) is -1.30. The quantitative estimate of drug-likeness (QED) is 0.137. The molecule has 0 saturated heterocycles. The maximum Gasteiger partial charge on any atom is 3.00 e. The van der Waals surface area contributed by atoms with E-state index in [4.69, 9.17) is 2.74 Å². The Morgan fingerprint density at radius 2 is 1.51 bits per heavy atom. The average molecular weight is 681 g/mol. The summed E-state index contributed by atoms with van der Waals surface area (Å²) in [4.78, 5) is 4.43. The molecule has 37 heavy (non-hydrogen) atoms. The molecule has 0 radical (unpaired) electrons. The predicted octanol–water partition coefficient (Wildman–Crippen LogP) is 7.78. The number of nitrogens with zero attached hydrogens (tertiary/aromatic N) is 1. The molecule has 1 aromatic heterocycles. The average Bonchev–Trinajstić information content (AvgIpc) is 2.94. The van der Waals surface area contributed by atoms with Crippen LogP contribution in [0.15, 0.2) is 109 Å². The first kappa shape index (κ1) is 25.5. The molecule has 0 aliphatic carbocycles. The second-order valence-electron chi connectivity index (χ2n) is 9.36. The van der Waals surface area contributed by atoms with Crippen LogP contribution in [0.3, 0.4) is 0 Å². The Balaban J connectivity index is 0.000000215. The van der Waals surface area contributed by atoms with E-state index < -0.39 is 14.4 Å². The number of aromatic nitrogens is 1. The molecule has 1 nitrogen and oxygen atoms in total. The van der Waals surface area contributed by atoms with Crippen molar-refractivity contribution in [1.82, 2.24) is 4.98 Å². The van der Waals surface area contributed by atoms with Crippen molar-refractivity contribution in [2.24, 2.45) is 0 Å². The van der Waals surface area contributed by atoms with E-state index >= 15 is 0 Å². The third-order valence-electron chi connectivity index (χ3n) is 5.54. The minimum absolute atomic E-state index is 0. The summed E-state index contributed by atoms with van der Waals surface area (Å²) >= 11 is 0. The van der Waals surface area contributed by atoms with Gasteiger partial charge in [0.25, 0.3) is 0 Å². The van der Waals surface area contributed by atoms with Gasteiger partial charge >= 0.3 is 20.1 Å². The second-order valence-corrected chi connectivity index (χ2v) is 14.4. The van der Waals surface area contributed by atoms with Gasteiger partial charge in [-0.2, -0.15) is 42.5 Å². The van der Waals surface area contributed by atoms with Gasteiger partial charge in [0.15, 0.2) is 0 Å². The molecule has 0 unspecified atom stereocenters. The minimum atomic E-state index is -1.53. The molecule has 0 N–H and O–H groups in total. The van der Waals surface area contributed by atoms with Crippen LogP contribution >= 0.6 is 0 Å². The third-order valence-corrected chi connectivity index (χ3v) is 7.57. The van der Waals surface area contributed by atoms with Crippen molar-refractivity contribution in [3.05, 3.63) is 144 Å².